The summed E-state index contributed by atoms with van der Waals surface area (Å²) in [6.45, 7) is 5.30. The number of nitrogens with zero attached hydrogens (tertiary/aromatic N) is 8. The van der Waals surface area contributed by atoms with Crippen LogP contribution in [0.25, 0.3) is 50.2 Å². The minimum atomic E-state index is -0.694. The highest BCUT2D eigenvalue weighted by Gasteiger charge is 2.36. The third kappa shape index (κ3) is 17.1. The van der Waals surface area contributed by atoms with Gasteiger partial charge in [0.25, 0.3) is 0 Å². The number of hydrogen-bond acceptors (Lipinski definition) is 17. The number of fused-ring (bicyclic) bond motifs is 4. The number of carbonyl (C=O) groups excluding carboxylic acids is 9. The lowest BCUT2D eigenvalue weighted by molar-refractivity contribution is -0.137. The summed E-state index contributed by atoms with van der Waals surface area (Å²) < 4.78 is 17.6. The van der Waals surface area contributed by atoms with E-state index < -0.39 is 47.8 Å². The molecule has 4 aromatic carbocycles. The molecule has 7 N–H and O–H groups in total. The number of ether oxygens (including phenoxy) is 1. The fourth-order valence-corrected chi connectivity index (χ4v) is 13.2. The SMILES string of the molecule is C1CCOC1.C=CCO.Cn1c(=O)n(C2CCC(=O)NC2=O)c2cccc(/C=C/CO)c21.Cn1c(=O)n(C2CCC(=O)NC2=O)c2cccc(Br)c21.Cn1c(=O)n(C2CCC(=O)NC2=O)c2cccc(CCC=O)c21.Cn1c(=O)n(C2CCC(=O)NC2=O)c2cccc(CCCO)c21.P. The number of halogens is 1. The van der Waals surface area contributed by atoms with Gasteiger partial charge in [-0.25, -0.2) is 19.2 Å². The monoisotopic (exact) mass is 1450 g/mol. The quantitative estimate of drug-likeness (QED) is 0.0377. The zero-order valence-corrected chi connectivity index (χ0v) is 58.4. The smallest absolute Gasteiger partial charge is 0.329 e. The number of imidazole rings is 4. The maximum Gasteiger partial charge on any atom is 0.329 e. The molecule has 4 aromatic heterocycles. The number of benzene rings is 4. The molecule has 0 bridgehead atoms. The number of amides is 8. The van der Waals surface area contributed by atoms with Gasteiger partial charge in [-0.2, -0.15) is 9.90 Å². The van der Waals surface area contributed by atoms with Gasteiger partial charge in [0.15, 0.2) is 0 Å². The van der Waals surface area contributed by atoms with Crippen molar-refractivity contribution in [1.82, 2.24) is 57.8 Å². The molecule has 13 rings (SSSR count). The van der Waals surface area contributed by atoms with E-state index in [1.165, 1.54) is 55.5 Å². The number of para-hydroxylation sites is 4. The van der Waals surface area contributed by atoms with Crippen molar-refractivity contribution in [2.75, 3.05) is 33.0 Å². The van der Waals surface area contributed by atoms with Crippen molar-refractivity contribution in [2.45, 2.75) is 114 Å². The number of rotatable bonds is 13. The van der Waals surface area contributed by atoms with Crippen LogP contribution < -0.4 is 44.0 Å². The Morgan fingerprint density at radius 3 is 1.18 bits per heavy atom. The van der Waals surface area contributed by atoms with Gasteiger partial charge >= 0.3 is 22.8 Å². The summed E-state index contributed by atoms with van der Waals surface area (Å²) in [5.41, 5.74) is 7.06. The fourth-order valence-electron chi connectivity index (χ4n) is 12.5. The van der Waals surface area contributed by atoms with Crippen LogP contribution in [0.3, 0.4) is 0 Å². The largest absolute Gasteiger partial charge is 0.396 e. The summed E-state index contributed by atoms with van der Waals surface area (Å²) in [7, 11) is 6.63. The Hall–Kier alpha value is -9.58. The van der Waals surface area contributed by atoms with Gasteiger partial charge in [0, 0.05) is 90.2 Å². The van der Waals surface area contributed by atoms with E-state index in [1.54, 1.807) is 64.6 Å². The predicted molar refractivity (Wildman–Crippen MR) is 376 cm³/mol. The molecule has 5 unspecified atom stereocenters. The standard InChI is InChI=1S/C16H19N3O4.2C16H17N3O4.C13H12BrN3O3.C4H8O.C3H6O.H3P/c3*1-18-14-10(5-3-9-20)4-2-6-11(14)19(16(18)23)12-7-8-13(21)17-15(12)22;1-16-11-7(14)3-2-4-8(11)17(13(16)20)9-5-6-10(18)15-12(9)19;1-2-4-5-3-1;1-2-3-4;/h2,4,6,12,20H,3,5,7-9H2,1H3,(H,17,21,22);2,4,6,9,12H,3,5,7-8H2,1H3,(H,17,21,22);2-6,12,20H,7-9H2,1H3,(H,17,21,22);2-4,9H,5-6H2,1H3,(H,15,18,19);1-4H2;2,4H,1,3H2;1H3/b;;5-3+;;;;. The van der Waals surface area contributed by atoms with Crippen molar-refractivity contribution in [2.24, 2.45) is 28.2 Å². The van der Waals surface area contributed by atoms with E-state index in [1.807, 2.05) is 48.5 Å². The number of nitrogens with one attached hydrogen (secondary N) is 4. The molecule has 0 saturated carbocycles. The number of hydrogen-bond donors (Lipinski definition) is 7. The first-order valence-electron chi connectivity index (χ1n) is 31.9. The molecule has 0 aliphatic carbocycles. The Morgan fingerprint density at radius 2 is 0.838 bits per heavy atom. The van der Waals surface area contributed by atoms with Crippen LogP contribution >= 0.6 is 25.8 Å². The van der Waals surface area contributed by atoms with Crippen LogP contribution in [0.15, 0.2) is 115 Å². The van der Waals surface area contributed by atoms with Crippen LogP contribution in [0.5, 0.6) is 0 Å². The molecule has 31 heteroatoms. The maximum absolute atomic E-state index is 12.7. The molecule has 29 nitrogen and oxygen atoms in total. The molecule has 8 aromatic rings. The molecule has 528 valence electrons. The Kier molecular flexibility index (Phi) is 27.4. The van der Waals surface area contributed by atoms with Crippen molar-refractivity contribution < 1.29 is 63.2 Å². The molecule has 5 fully saturated rings. The van der Waals surface area contributed by atoms with Gasteiger partial charge in [0.05, 0.1) is 57.3 Å². The maximum atomic E-state index is 12.7. The lowest BCUT2D eigenvalue weighted by atomic mass is 10.0. The zero-order chi connectivity index (χ0) is 71.1. The number of aryl methyl sites for hydroxylation is 6. The van der Waals surface area contributed by atoms with Gasteiger partial charge in [-0.05, 0) is 115 Å². The number of aliphatic hydroxyl groups excluding tert-OH is 3. The molecule has 99 heavy (non-hydrogen) atoms. The number of aromatic nitrogens is 8. The van der Waals surface area contributed by atoms with Crippen LogP contribution in [0.1, 0.15) is 118 Å². The summed E-state index contributed by atoms with van der Waals surface area (Å²) in [4.78, 5) is 155. The summed E-state index contributed by atoms with van der Waals surface area (Å²) in [6, 6.07) is 19.2. The minimum absolute atomic E-state index is 0. The summed E-state index contributed by atoms with van der Waals surface area (Å²) in [6.07, 6.45) is 12.5. The van der Waals surface area contributed by atoms with Crippen LogP contribution in [-0.4, -0.2) is 138 Å². The molecule has 5 aliphatic heterocycles. The molecule has 8 amide bonds. The van der Waals surface area contributed by atoms with Crippen LogP contribution in [0.2, 0.25) is 0 Å². The van der Waals surface area contributed by atoms with E-state index in [0.717, 1.165) is 57.2 Å². The zero-order valence-electron chi connectivity index (χ0n) is 55.4. The molecule has 0 spiro atoms. The minimum Gasteiger partial charge on any atom is -0.396 e. The fraction of sp³-hybridized carbons (Fsp3) is 0.397. The Bertz CT molecular complexity index is 4670. The van der Waals surface area contributed by atoms with Crippen molar-refractivity contribution in [3.63, 3.8) is 0 Å². The third-order valence-electron chi connectivity index (χ3n) is 17.1. The topological polar surface area (TPSA) is 379 Å². The normalized spacial score (nSPS) is 18.3. The van der Waals surface area contributed by atoms with Crippen molar-refractivity contribution in [1.29, 1.82) is 0 Å². The molecular formula is C68H82BrN12O17P. The molecular weight excluding hydrogens is 1370 g/mol. The summed E-state index contributed by atoms with van der Waals surface area (Å²) in [5.74, 6) is -2.98. The highest BCUT2D eigenvalue weighted by atomic mass is 79.9. The first-order chi connectivity index (χ1) is 47.0. The van der Waals surface area contributed by atoms with Crippen LogP contribution in [0.4, 0.5) is 0 Å². The summed E-state index contributed by atoms with van der Waals surface area (Å²) in [5, 5.41) is 34.9. The van der Waals surface area contributed by atoms with Gasteiger partial charge in [0.2, 0.25) is 47.3 Å². The average Bonchev–Trinajstić information content (AvgIpc) is 1.64. The van der Waals surface area contributed by atoms with E-state index in [-0.39, 0.29) is 102 Å². The van der Waals surface area contributed by atoms with E-state index in [4.69, 9.17) is 20.1 Å². The van der Waals surface area contributed by atoms with E-state index >= 15 is 0 Å². The molecule has 5 atom stereocenters. The Labute approximate surface area is 577 Å². The summed E-state index contributed by atoms with van der Waals surface area (Å²) >= 11 is 3.42. The lowest BCUT2D eigenvalue weighted by Gasteiger charge is -2.21. The highest BCUT2D eigenvalue weighted by molar-refractivity contribution is 9.10. The number of imide groups is 4. The number of piperidine rings is 4. The second-order valence-electron chi connectivity index (χ2n) is 23.5. The predicted octanol–water partition coefficient (Wildman–Crippen LogP) is 3.11. The molecule has 9 heterocycles. The Balaban J connectivity index is 0.000000177. The number of carbonyl (C=O) groups is 9. The highest BCUT2D eigenvalue weighted by Crippen LogP contribution is 2.31. The van der Waals surface area contributed by atoms with Crippen molar-refractivity contribution >= 4 is 130 Å². The second kappa shape index (κ2) is 35.3. The Morgan fingerprint density at radius 1 is 0.495 bits per heavy atom. The van der Waals surface area contributed by atoms with Crippen molar-refractivity contribution in [3.8, 4) is 0 Å². The van der Waals surface area contributed by atoms with Gasteiger partial charge in [-0.15, -0.1) is 6.58 Å². The van der Waals surface area contributed by atoms with E-state index in [9.17, 15) is 62.3 Å². The molecule has 5 saturated heterocycles. The van der Waals surface area contributed by atoms with Gasteiger partial charge in [-0.1, -0.05) is 60.7 Å². The van der Waals surface area contributed by atoms with E-state index in [0.29, 0.717) is 79.0 Å². The van der Waals surface area contributed by atoms with Crippen LogP contribution in [-0.2, 0) is 88.9 Å². The van der Waals surface area contributed by atoms with Crippen LogP contribution in [0, 0.1) is 0 Å². The van der Waals surface area contributed by atoms with Gasteiger partial charge in [0.1, 0.15) is 30.5 Å². The number of aliphatic hydroxyl groups is 3. The first kappa shape index (κ1) is 76.8. The third-order valence-corrected chi connectivity index (χ3v) is 17.8. The van der Waals surface area contributed by atoms with Gasteiger partial charge in [-0.3, -0.25) is 96.2 Å². The van der Waals surface area contributed by atoms with E-state index in [2.05, 4.69) is 43.8 Å². The molecule has 5 aliphatic rings. The lowest BCUT2D eigenvalue weighted by Crippen LogP contribution is -2.44. The number of aldehydes is 1. The van der Waals surface area contributed by atoms with Crippen molar-refractivity contribution in [3.05, 3.63) is 155 Å². The van der Waals surface area contributed by atoms with Gasteiger partial charge < -0.3 is 24.9 Å². The first-order valence-corrected chi connectivity index (χ1v) is 32.7. The second-order valence-corrected chi connectivity index (χ2v) is 24.4. The molecule has 0 radical (unpaired) electrons. The average molecular weight is 1450 g/mol.